The third kappa shape index (κ3) is 3.44. The molecule has 0 aliphatic carbocycles. The van der Waals surface area contributed by atoms with Crippen LogP contribution in [0.3, 0.4) is 0 Å². The monoisotopic (exact) mass is 334 g/mol. The van der Waals surface area contributed by atoms with Crippen molar-refractivity contribution in [3.8, 4) is 11.3 Å². The number of nitrogens with zero attached hydrogens (tertiary/aromatic N) is 2. The van der Waals surface area contributed by atoms with Gasteiger partial charge in [0.05, 0.1) is 12.3 Å². The van der Waals surface area contributed by atoms with Crippen molar-refractivity contribution in [2.24, 2.45) is 5.92 Å². The number of rotatable bonds is 4. The van der Waals surface area contributed by atoms with Crippen LogP contribution in [0.5, 0.6) is 0 Å². The van der Waals surface area contributed by atoms with Crippen LogP contribution in [-0.2, 0) is 0 Å². The number of halogens is 1. The Balaban J connectivity index is 2.45. The lowest BCUT2D eigenvalue weighted by molar-refractivity contribution is 0.231. The normalized spacial score (nSPS) is 12.7. The van der Waals surface area contributed by atoms with E-state index in [0.29, 0.717) is 5.92 Å². The minimum Gasteiger partial charge on any atom is -0.396 e. The predicted molar refractivity (Wildman–Crippen MR) is 84.6 cm³/mol. The van der Waals surface area contributed by atoms with Gasteiger partial charge in [0, 0.05) is 21.6 Å². The topological polar surface area (TPSA) is 46.0 Å². The second-order valence-corrected chi connectivity index (χ2v) is 6.21. The summed E-state index contributed by atoms with van der Waals surface area (Å²) < 4.78 is 1.04. The highest BCUT2D eigenvalue weighted by molar-refractivity contribution is 9.10. The Kier molecular flexibility index (Phi) is 4.89. The van der Waals surface area contributed by atoms with E-state index in [0.717, 1.165) is 27.2 Å². The van der Waals surface area contributed by atoms with Crippen LogP contribution < -0.4 is 0 Å². The molecular formula is C16H19BrN2O. The molecule has 1 atom stereocenters. The summed E-state index contributed by atoms with van der Waals surface area (Å²) in [5.74, 6) is 1.00. The van der Waals surface area contributed by atoms with E-state index in [9.17, 15) is 5.11 Å². The maximum Gasteiger partial charge on any atom is 0.134 e. The first-order chi connectivity index (χ1) is 9.51. The van der Waals surface area contributed by atoms with Crippen LogP contribution in [0, 0.1) is 12.8 Å². The highest BCUT2D eigenvalue weighted by Crippen LogP contribution is 2.25. The van der Waals surface area contributed by atoms with Gasteiger partial charge in [-0.15, -0.1) is 0 Å². The molecule has 0 saturated carbocycles. The van der Waals surface area contributed by atoms with Crippen molar-refractivity contribution in [3.05, 3.63) is 46.3 Å². The molecule has 0 aliphatic rings. The van der Waals surface area contributed by atoms with Gasteiger partial charge >= 0.3 is 0 Å². The van der Waals surface area contributed by atoms with Gasteiger partial charge in [-0.05, 0) is 31.0 Å². The zero-order valence-electron chi connectivity index (χ0n) is 12.0. The molecule has 1 aromatic heterocycles. The summed E-state index contributed by atoms with van der Waals surface area (Å²) in [6.45, 7) is 6.18. The smallest absolute Gasteiger partial charge is 0.134 e. The van der Waals surface area contributed by atoms with Crippen LogP contribution in [0.1, 0.15) is 31.3 Å². The molecule has 1 N–H and O–H groups in total. The molecule has 0 spiro atoms. The number of aryl methyl sites for hydroxylation is 1. The Morgan fingerprint density at radius 3 is 2.35 bits per heavy atom. The lowest BCUT2D eigenvalue weighted by atomic mass is 9.95. The lowest BCUT2D eigenvalue weighted by Crippen LogP contribution is -2.15. The van der Waals surface area contributed by atoms with Crippen LogP contribution in [0.4, 0.5) is 0 Å². The third-order valence-corrected chi connectivity index (χ3v) is 3.87. The van der Waals surface area contributed by atoms with E-state index in [1.54, 1.807) is 0 Å². The number of benzene rings is 1. The quantitative estimate of drug-likeness (QED) is 0.920. The molecule has 1 heterocycles. The standard InChI is InChI=1S/C16H19BrN2O/c1-10(2)14(9-20)16-18-11(3)8-15(19-16)12-4-6-13(17)7-5-12/h4-8,10,14,20H,9H2,1-3H3. The molecule has 1 unspecified atom stereocenters. The Hall–Kier alpha value is -1.26. The minimum absolute atomic E-state index is 0.0240. The van der Waals surface area contributed by atoms with E-state index in [1.165, 1.54) is 0 Å². The molecule has 0 fully saturated rings. The second kappa shape index (κ2) is 6.46. The fourth-order valence-corrected chi connectivity index (χ4v) is 2.38. The van der Waals surface area contributed by atoms with Gasteiger partial charge in [0.15, 0.2) is 0 Å². The average Bonchev–Trinajstić information content (AvgIpc) is 2.39. The summed E-state index contributed by atoms with van der Waals surface area (Å²) in [5.41, 5.74) is 2.88. The first-order valence-electron chi connectivity index (χ1n) is 6.73. The van der Waals surface area contributed by atoms with Crippen molar-refractivity contribution in [1.29, 1.82) is 0 Å². The van der Waals surface area contributed by atoms with Crippen molar-refractivity contribution in [2.75, 3.05) is 6.61 Å². The van der Waals surface area contributed by atoms with Crippen molar-refractivity contribution in [1.82, 2.24) is 9.97 Å². The van der Waals surface area contributed by atoms with Gasteiger partial charge in [0.25, 0.3) is 0 Å². The molecule has 0 amide bonds. The summed E-state index contributed by atoms with van der Waals surface area (Å²) in [4.78, 5) is 9.13. The third-order valence-electron chi connectivity index (χ3n) is 3.34. The minimum atomic E-state index is -0.0240. The van der Waals surface area contributed by atoms with Crippen molar-refractivity contribution in [3.63, 3.8) is 0 Å². The number of aliphatic hydroxyl groups is 1. The highest BCUT2D eigenvalue weighted by Gasteiger charge is 2.19. The van der Waals surface area contributed by atoms with Gasteiger partial charge < -0.3 is 5.11 Å². The van der Waals surface area contributed by atoms with E-state index >= 15 is 0 Å². The number of aliphatic hydroxyl groups excluding tert-OH is 1. The van der Waals surface area contributed by atoms with Crippen LogP contribution in [0.15, 0.2) is 34.8 Å². The molecule has 0 aliphatic heterocycles. The predicted octanol–water partition coefficient (Wildman–Crippen LogP) is 3.95. The zero-order valence-corrected chi connectivity index (χ0v) is 13.6. The van der Waals surface area contributed by atoms with Crippen molar-refractivity contribution < 1.29 is 5.11 Å². The first kappa shape index (κ1) is 15.1. The van der Waals surface area contributed by atoms with Crippen LogP contribution in [0.25, 0.3) is 11.3 Å². The second-order valence-electron chi connectivity index (χ2n) is 5.29. The molecule has 1 aromatic carbocycles. The van der Waals surface area contributed by atoms with Gasteiger partial charge in [-0.1, -0.05) is 41.9 Å². The molecule has 0 bridgehead atoms. The molecule has 106 valence electrons. The van der Waals surface area contributed by atoms with E-state index in [1.807, 2.05) is 37.3 Å². The van der Waals surface area contributed by atoms with Gasteiger partial charge in [-0.3, -0.25) is 0 Å². The maximum absolute atomic E-state index is 9.55. The summed E-state index contributed by atoms with van der Waals surface area (Å²) in [5, 5.41) is 9.55. The molecule has 0 radical (unpaired) electrons. The van der Waals surface area contributed by atoms with E-state index in [-0.39, 0.29) is 12.5 Å². The molecule has 2 aromatic rings. The molecule has 4 heteroatoms. The van der Waals surface area contributed by atoms with Crippen LogP contribution in [0.2, 0.25) is 0 Å². The largest absolute Gasteiger partial charge is 0.396 e. The average molecular weight is 335 g/mol. The van der Waals surface area contributed by atoms with E-state index in [2.05, 4.69) is 39.7 Å². The molecule has 20 heavy (non-hydrogen) atoms. The number of hydrogen-bond acceptors (Lipinski definition) is 3. The number of hydrogen-bond donors (Lipinski definition) is 1. The Bertz CT molecular complexity index is 582. The van der Waals surface area contributed by atoms with Crippen LogP contribution >= 0.6 is 15.9 Å². The first-order valence-corrected chi connectivity index (χ1v) is 7.53. The SMILES string of the molecule is Cc1cc(-c2ccc(Br)cc2)nc(C(CO)C(C)C)n1. The van der Waals surface area contributed by atoms with Crippen molar-refractivity contribution in [2.45, 2.75) is 26.7 Å². The lowest BCUT2D eigenvalue weighted by Gasteiger charge is -2.18. The Morgan fingerprint density at radius 1 is 1.15 bits per heavy atom. The molecular weight excluding hydrogens is 316 g/mol. The van der Waals surface area contributed by atoms with Gasteiger partial charge in [-0.25, -0.2) is 9.97 Å². The number of aromatic nitrogens is 2. The van der Waals surface area contributed by atoms with E-state index < -0.39 is 0 Å². The van der Waals surface area contributed by atoms with Gasteiger partial charge in [0.2, 0.25) is 0 Å². The highest BCUT2D eigenvalue weighted by atomic mass is 79.9. The van der Waals surface area contributed by atoms with Gasteiger partial charge in [0.1, 0.15) is 5.82 Å². The summed E-state index contributed by atoms with van der Waals surface area (Å²) >= 11 is 3.43. The summed E-state index contributed by atoms with van der Waals surface area (Å²) in [7, 11) is 0. The molecule has 0 saturated heterocycles. The molecule has 3 nitrogen and oxygen atoms in total. The van der Waals surface area contributed by atoms with Gasteiger partial charge in [-0.2, -0.15) is 0 Å². The fourth-order valence-electron chi connectivity index (χ4n) is 2.12. The van der Waals surface area contributed by atoms with Crippen LogP contribution in [-0.4, -0.2) is 21.7 Å². The molecule has 2 rings (SSSR count). The van der Waals surface area contributed by atoms with Crippen molar-refractivity contribution >= 4 is 15.9 Å². The Morgan fingerprint density at radius 2 is 1.80 bits per heavy atom. The summed E-state index contributed by atoms with van der Waals surface area (Å²) in [6.07, 6.45) is 0. The van der Waals surface area contributed by atoms with E-state index in [4.69, 9.17) is 0 Å². The zero-order chi connectivity index (χ0) is 14.7. The summed E-state index contributed by atoms with van der Waals surface area (Å²) in [6, 6.07) is 10.0. The Labute approximate surface area is 128 Å². The fraction of sp³-hybridized carbons (Fsp3) is 0.375. The maximum atomic E-state index is 9.55.